The predicted octanol–water partition coefficient (Wildman–Crippen LogP) is 3.99. The summed E-state index contributed by atoms with van der Waals surface area (Å²) in [7, 11) is 0. The van der Waals surface area contributed by atoms with E-state index < -0.39 is 11.7 Å². The van der Waals surface area contributed by atoms with Crippen molar-refractivity contribution < 1.29 is 19.1 Å². The minimum Gasteiger partial charge on any atom is -0.444 e. The molecule has 0 spiro atoms. The molecule has 1 aliphatic rings. The Bertz CT molecular complexity index is 737. The van der Waals surface area contributed by atoms with Crippen LogP contribution in [0.3, 0.4) is 0 Å². The molecule has 0 bridgehead atoms. The van der Waals surface area contributed by atoms with Crippen molar-refractivity contribution in [3.05, 3.63) is 24.3 Å². The number of fused-ring (bicyclic) bond motifs is 1. The number of thioether (sulfide) groups is 2. The first-order valence-electron chi connectivity index (χ1n) is 10.2. The van der Waals surface area contributed by atoms with Gasteiger partial charge in [0.25, 0.3) is 0 Å². The summed E-state index contributed by atoms with van der Waals surface area (Å²) in [6, 6.07) is 7.76. The molecule has 0 fully saturated rings. The highest BCUT2D eigenvalue weighted by Crippen LogP contribution is 2.39. The molecule has 9 heteroatoms. The number of hydrogen-bond acceptors (Lipinski definition) is 6. The minimum atomic E-state index is -0.496. The highest BCUT2D eigenvalue weighted by Gasteiger charge is 2.26. The highest BCUT2D eigenvalue weighted by molar-refractivity contribution is 8.18. The number of hydrogen-bond donors (Lipinski definition) is 3. The average molecular weight is 454 g/mol. The second kappa shape index (κ2) is 12.1. The molecule has 0 saturated carbocycles. The summed E-state index contributed by atoms with van der Waals surface area (Å²) in [6.07, 6.45) is 2.48. The molecule has 1 unspecified atom stereocenters. The second-order valence-corrected chi connectivity index (χ2v) is 10.6. The van der Waals surface area contributed by atoms with E-state index in [9.17, 15) is 14.4 Å². The van der Waals surface area contributed by atoms with Crippen LogP contribution in [0.25, 0.3) is 0 Å². The molecule has 7 nitrogen and oxygen atoms in total. The first-order chi connectivity index (χ1) is 14.2. The van der Waals surface area contributed by atoms with Gasteiger partial charge in [-0.1, -0.05) is 30.3 Å². The van der Waals surface area contributed by atoms with Gasteiger partial charge < -0.3 is 20.7 Å². The Morgan fingerprint density at radius 1 is 1.13 bits per heavy atom. The molecule has 1 heterocycles. The predicted molar refractivity (Wildman–Crippen MR) is 123 cm³/mol. The van der Waals surface area contributed by atoms with Gasteiger partial charge in [-0.25, -0.2) is 4.79 Å². The summed E-state index contributed by atoms with van der Waals surface area (Å²) in [5, 5.41) is 8.53. The molecule has 166 valence electrons. The van der Waals surface area contributed by atoms with Gasteiger partial charge in [0.1, 0.15) is 10.2 Å². The van der Waals surface area contributed by atoms with Crippen LogP contribution in [-0.2, 0) is 14.3 Å². The zero-order valence-corrected chi connectivity index (χ0v) is 19.4. The summed E-state index contributed by atoms with van der Waals surface area (Å²) >= 11 is 3.09. The summed E-state index contributed by atoms with van der Waals surface area (Å²) in [6.45, 7) is 6.55. The number of ether oxygens (including phenoxy) is 1. The number of nitrogens with one attached hydrogen (secondary N) is 3. The Morgan fingerprint density at radius 3 is 2.67 bits per heavy atom. The molecule has 1 aromatic rings. The zero-order chi connectivity index (χ0) is 22.0. The number of rotatable bonds is 10. The molecule has 30 heavy (non-hydrogen) atoms. The molecule has 0 aliphatic carbocycles. The first-order valence-corrected chi connectivity index (χ1v) is 12.1. The van der Waals surface area contributed by atoms with Crippen LogP contribution >= 0.6 is 23.5 Å². The van der Waals surface area contributed by atoms with Crippen molar-refractivity contribution in [1.82, 2.24) is 10.6 Å². The number of unbranched alkanes of at least 4 members (excludes halogenated alkanes) is 2. The fourth-order valence-electron chi connectivity index (χ4n) is 2.68. The Balaban J connectivity index is 1.49. The normalized spacial score (nSPS) is 15.7. The molecule has 0 radical (unpaired) electrons. The molecular weight excluding hydrogens is 422 g/mol. The van der Waals surface area contributed by atoms with Gasteiger partial charge in [-0.15, -0.1) is 11.8 Å². The molecule has 1 atom stereocenters. The molecule has 3 amide bonds. The smallest absolute Gasteiger partial charge is 0.407 e. The fraction of sp³-hybridized carbons (Fsp3) is 0.571. The van der Waals surface area contributed by atoms with Gasteiger partial charge in [0.15, 0.2) is 0 Å². The summed E-state index contributed by atoms with van der Waals surface area (Å²) in [4.78, 5) is 36.7. The van der Waals surface area contributed by atoms with E-state index in [4.69, 9.17) is 4.74 Å². The number of carbonyl (C=O) groups excluding carboxylic acids is 3. The number of para-hydroxylation sites is 1. The third kappa shape index (κ3) is 9.30. The fourth-order valence-corrected chi connectivity index (χ4v) is 5.00. The van der Waals surface area contributed by atoms with E-state index in [-0.39, 0.29) is 16.4 Å². The van der Waals surface area contributed by atoms with Crippen LogP contribution in [0.1, 0.15) is 46.5 Å². The van der Waals surface area contributed by atoms with E-state index in [2.05, 4.69) is 16.0 Å². The van der Waals surface area contributed by atoms with E-state index in [1.807, 2.05) is 45.0 Å². The lowest BCUT2D eigenvalue weighted by molar-refractivity contribution is -0.121. The lowest BCUT2D eigenvalue weighted by Gasteiger charge is -2.23. The van der Waals surface area contributed by atoms with Gasteiger partial charge in [0.2, 0.25) is 11.8 Å². The van der Waals surface area contributed by atoms with E-state index in [0.717, 1.165) is 29.8 Å². The van der Waals surface area contributed by atoms with Gasteiger partial charge in [0, 0.05) is 30.2 Å². The van der Waals surface area contributed by atoms with Crippen molar-refractivity contribution in [2.75, 3.05) is 24.2 Å². The summed E-state index contributed by atoms with van der Waals surface area (Å²) in [5.41, 5.74) is 0.365. The lowest BCUT2D eigenvalue weighted by atomic mass is 10.2. The van der Waals surface area contributed by atoms with Crippen molar-refractivity contribution in [3.63, 3.8) is 0 Å². The van der Waals surface area contributed by atoms with Crippen LogP contribution in [-0.4, -0.2) is 46.9 Å². The standard InChI is InChI=1S/C21H31N3O4S2/c1-21(2,3)28-20(27)23-12-8-4-5-11-17(25)22-13-14-29-19-18(26)24-15-9-6-7-10-16(15)30-19/h6-7,9-10,19H,4-5,8,11-14H2,1-3H3,(H,22,25)(H,23,27)(H,24,26). The van der Waals surface area contributed by atoms with Gasteiger partial charge in [-0.2, -0.15) is 0 Å². The quantitative estimate of drug-likeness (QED) is 0.464. The van der Waals surface area contributed by atoms with E-state index in [1.54, 1.807) is 11.8 Å². The van der Waals surface area contributed by atoms with Crippen LogP contribution in [0.2, 0.25) is 0 Å². The molecule has 1 aromatic carbocycles. The Morgan fingerprint density at radius 2 is 1.90 bits per heavy atom. The van der Waals surface area contributed by atoms with Gasteiger partial charge in [-0.05, 0) is 45.7 Å². The highest BCUT2D eigenvalue weighted by atomic mass is 32.2. The molecular formula is C21H31N3O4S2. The summed E-state index contributed by atoms with van der Waals surface area (Å²) < 4.78 is 4.96. The Hall–Kier alpha value is -1.87. The lowest BCUT2D eigenvalue weighted by Crippen LogP contribution is -2.33. The maximum atomic E-state index is 12.1. The molecule has 1 aliphatic heterocycles. The van der Waals surface area contributed by atoms with Gasteiger partial charge in [0.05, 0.1) is 5.69 Å². The van der Waals surface area contributed by atoms with Crippen LogP contribution in [0.4, 0.5) is 10.5 Å². The maximum absolute atomic E-state index is 12.1. The van der Waals surface area contributed by atoms with E-state index in [0.29, 0.717) is 25.3 Å². The summed E-state index contributed by atoms with van der Waals surface area (Å²) in [5.74, 6) is 0.690. The van der Waals surface area contributed by atoms with Crippen molar-refractivity contribution in [2.24, 2.45) is 0 Å². The minimum absolute atomic E-state index is 0.00461. The molecule has 0 saturated heterocycles. The third-order valence-corrected chi connectivity index (χ3v) is 6.73. The SMILES string of the molecule is CC(C)(C)OC(=O)NCCCCCC(=O)NCCSC1Sc2ccccc2NC1=O. The number of amides is 3. The zero-order valence-electron chi connectivity index (χ0n) is 17.8. The van der Waals surface area contributed by atoms with Crippen LogP contribution in [0.15, 0.2) is 29.2 Å². The number of carbonyl (C=O) groups is 3. The van der Waals surface area contributed by atoms with Crippen LogP contribution in [0.5, 0.6) is 0 Å². The van der Waals surface area contributed by atoms with E-state index >= 15 is 0 Å². The second-order valence-electron chi connectivity index (χ2n) is 7.90. The van der Waals surface area contributed by atoms with Crippen molar-refractivity contribution in [3.8, 4) is 0 Å². The molecule has 2 rings (SSSR count). The largest absolute Gasteiger partial charge is 0.444 e. The van der Waals surface area contributed by atoms with Crippen molar-refractivity contribution in [2.45, 2.75) is 61.5 Å². The maximum Gasteiger partial charge on any atom is 0.407 e. The molecule has 3 N–H and O–H groups in total. The van der Waals surface area contributed by atoms with Crippen molar-refractivity contribution >= 4 is 47.1 Å². The monoisotopic (exact) mass is 453 g/mol. The van der Waals surface area contributed by atoms with Crippen LogP contribution in [0, 0.1) is 0 Å². The van der Waals surface area contributed by atoms with Gasteiger partial charge >= 0.3 is 6.09 Å². The third-order valence-electron chi connectivity index (χ3n) is 4.04. The Kier molecular flexibility index (Phi) is 9.84. The Labute approximate surface area is 186 Å². The molecule has 0 aromatic heterocycles. The number of alkyl carbamates (subject to hydrolysis) is 1. The number of benzene rings is 1. The van der Waals surface area contributed by atoms with E-state index in [1.165, 1.54) is 11.8 Å². The van der Waals surface area contributed by atoms with Crippen molar-refractivity contribution in [1.29, 1.82) is 0 Å². The van der Waals surface area contributed by atoms with Crippen LogP contribution < -0.4 is 16.0 Å². The topological polar surface area (TPSA) is 96.5 Å². The average Bonchev–Trinajstić information content (AvgIpc) is 2.66. The first kappa shape index (κ1) is 24.4. The van der Waals surface area contributed by atoms with Gasteiger partial charge in [-0.3, -0.25) is 9.59 Å². The number of anilines is 1.